The first-order valence-corrected chi connectivity index (χ1v) is 6.93. The van der Waals surface area contributed by atoms with E-state index in [9.17, 15) is 4.79 Å². The fourth-order valence-electron chi connectivity index (χ4n) is 1.23. The largest absolute Gasteiger partial charge is 0.336 e. The number of hydrogen-bond donors (Lipinski definition) is 0. The Bertz CT molecular complexity index is 483. The van der Waals surface area contributed by atoms with Gasteiger partial charge in [-0.25, -0.2) is 0 Å². The number of amides is 1. The van der Waals surface area contributed by atoms with Crippen LogP contribution in [0, 0.1) is 0 Å². The molecule has 0 N–H and O–H groups in total. The zero-order valence-corrected chi connectivity index (χ0v) is 11.6. The summed E-state index contributed by atoms with van der Waals surface area (Å²) in [6.07, 6.45) is 0. The van der Waals surface area contributed by atoms with Crippen LogP contribution in [0.1, 0.15) is 16.1 Å². The lowest BCUT2D eigenvalue weighted by Gasteiger charge is -2.14. The van der Waals surface area contributed by atoms with E-state index < -0.39 is 0 Å². The van der Waals surface area contributed by atoms with E-state index in [-0.39, 0.29) is 5.91 Å². The van der Waals surface area contributed by atoms with Crippen molar-refractivity contribution in [2.45, 2.75) is 6.54 Å². The number of carbonyl (C=O) groups is 1. The molecule has 2 rings (SSSR count). The Kier molecular flexibility index (Phi) is 3.67. The minimum absolute atomic E-state index is 0.101. The van der Waals surface area contributed by atoms with Crippen molar-refractivity contribution >= 4 is 44.7 Å². The van der Waals surface area contributed by atoms with Crippen molar-refractivity contribution in [2.24, 2.45) is 0 Å². The van der Waals surface area contributed by atoms with Gasteiger partial charge >= 0.3 is 0 Å². The predicted molar refractivity (Wildman–Crippen MR) is 67.7 cm³/mol. The van der Waals surface area contributed by atoms with Crippen LogP contribution in [-0.2, 0) is 6.54 Å². The molecule has 0 aliphatic rings. The van der Waals surface area contributed by atoms with E-state index in [1.54, 1.807) is 28.7 Å². The molecule has 7 heteroatoms. The highest BCUT2D eigenvalue weighted by molar-refractivity contribution is 9.11. The van der Waals surface area contributed by atoms with Gasteiger partial charge in [0.05, 0.1) is 3.79 Å². The minimum atomic E-state index is -0.101. The lowest BCUT2D eigenvalue weighted by atomic mass is 10.3. The molecule has 1 amide bonds. The zero-order valence-electron chi connectivity index (χ0n) is 8.38. The molecule has 0 bridgehead atoms. The number of hydrogen-bond acceptors (Lipinski definition) is 5. The molecule has 16 heavy (non-hydrogen) atoms. The van der Waals surface area contributed by atoms with E-state index in [0.717, 1.165) is 9.35 Å². The molecule has 0 aliphatic heterocycles. The van der Waals surface area contributed by atoms with Crippen molar-refractivity contribution in [3.05, 3.63) is 31.9 Å². The van der Waals surface area contributed by atoms with E-state index in [2.05, 4.69) is 25.5 Å². The first kappa shape index (κ1) is 11.7. The molecule has 0 radical (unpaired) electrons. The summed E-state index contributed by atoms with van der Waals surface area (Å²) in [6, 6.07) is 2.01. The molecule has 0 aliphatic carbocycles. The van der Waals surface area contributed by atoms with Crippen LogP contribution in [0.15, 0.2) is 20.6 Å². The minimum Gasteiger partial charge on any atom is -0.336 e. The van der Waals surface area contributed by atoms with Crippen LogP contribution in [0.2, 0.25) is 0 Å². The number of aromatic nitrogens is 2. The molecule has 84 valence electrons. The summed E-state index contributed by atoms with van der Waals surface area (Å²) in [5.41, 5.74) is 1.51. The normalized spacial score (nSPS) is 10.4. The van der Waals surface area contributed by atoms with Gasteiger partial charge in [-0.05, 0) is 44.5 Å². The summed E-state index contributed by atoms with van der Waals surface area (Å²) in [4.78, 5) is 13.5. The lowest BCUT2D eigenvalue weighted by molar-refractivity contribution is 0.0779. The van der Waals surface area contributed by atoms with Crippen molar-refractivity contribution in [1.29, 1.82) is 0 Å². The standard InChI is InChI=1S/C9H8BrN3OS2/c1-13(3-6-2-8(10)15-4-6)9(14)7-5-16-12-11-7/h2,4-5H,3H2,1H3. The summed E-state index contributed by atoms with van der Waals surface area (Å²) in [6.45, 7) is 0.582. The molecule has 0 spiro atoms. The average Bonchev–Trinajstić information content (AvgIpc) is 2.88. The van der Waals surface area contributed by atoms with Gasteiger partial charge in [0, 0.05) is 19.0 Å². The summed E-state index contributed by atoms with van der Waals surface area (Å²) in [7, 11) is 1.76. The second-order valence-corrected chi connectivity index (χ2v) is 6.11. The molecular formula is C9H8BrN3OS2. The van der Waals surface area contributed by atoms with Gasteiger partial charge in [-0.15, -0.1) is 16.4 Å². The van der Waals surface area contributed by atoms with Gasteiger partial charge in [-0.2, -0.15) is 0 Å². The van der Waals surface area contributed by atoms with Gasteiger partial charge in [0.1, 0.15) is 0 Å². The molecule has 2 aromatic heterocycles. The highest BCUT2D eigenvalue weighted by Crippen LogP contribution is 2.21. The number of halogens is 1. The molecule has 0 unspecified atom stereocenters. The first-order chi connectivity index (χ1) is 7.66. The van der Waals surface area contributed by atoms with Gasteiger partial charge in [0.15, 0.2) is 5.69 Å². The Morgan fingerprint density at radius 2 is 2.38 bits per heavy atom. The van der Waals surface area contributed by atoms with Crippen LogP contribution in [0.25, 0.3) is 0 Å². The fraction of sp³-hybridized carbons (Fsp3) is 0.222. The summed E-state index contributed by atoms with van der Waals surface area (Å²) in [5, 5.41) is 7.43. The Labute approximate surface area is 109 Å². The Morgan fingerprint density at radius 3 is 2.94 bits per heavy atom. The fourth-order valence-corrected chi connectivity index (χ4v) is 2.86. The van der Waals surface area contributed by atoms with Crippen molar-refractivity contribution in [3.8, 4) is 0 Å². The van der Waals surface area contributed by atoms with E-state index in [1.165, 1.54) is 11.5 Å². The number of thiophene rings is 1. The van der Waals surface area contributed by atoms with Gasteiger partial charge in [0.25, 0.3) is 5.91 Å². The third-order valence-electron chi connectivity index (χ3n) is 1.97. The molecule has 0 saturated carbocycles. The summed E-state index contributed by atoms with van der Waals surface area (Å²) in [5.74, 6) is -0.101. The molecule has 0 atom stereocenters. The maximum atomic E-state index is 11.8. The van der Waals surface area contributed by atoms with Crippen LogP contribution in [-0.4, -0.2) is 27.4 Å². The van der Waals surface area contributed by atoms with Gasteiger partial charge < -0.3 is 4.90 Å². The zero-order chi connectivity index (χ0) is 11.5. The van der Waals surface area contributed by atoms with E-state index >= 15 is 0 Å². The van der Waals surface area contributed by atoms with Crippen molar-refractivity contribution in [2.75, 3.05) is 7.05 Å². The van der Waals surface area contributed by atoms with Crippen LogP contribution < -0.4 is 0 Å². The Balaban J connectivity index is 2.03. The molecule has 2 heterocycles. The molecule has 0 aromatic carbocycles. The highest BCUT2D eigenvalue weighted by Gasteiger charge is 2.14. The summed E-state index contributed by atoms with van der Waals surface area (Å²) < 4.78 is 4.74. The second-order valence-electron chi connectivity index (χ2n) is 3.21. The van der Waals surface area contributed by atoms with Crippen molar-refractivity contribution in [3.63, 3.8) is 0 Å². The number of carbonyl (C=O) groups excluding carboxylic acids is 1. The second kappa shape index (κ2) is 5.03. The highest BCUT2D eigenvalue weighted by atomic mass is 79.9. The van der Waals surface area contributed by atoms with Crippen LogP contribution in [0.3, 0.4) is 0 Å². The Hall–Kier alpha value is -0.790. The van der Waals surface area contributed by atoms with E-state index in [4.69, 9.17) is 0 Å². The van der Waals surface area contributed by atoms with Crippen molar-refractivity contribution in [1.82, 2.24) is 14.5 Å². The first-order valence-electron chi connectivity index (χ1n) is 4.42. The molecule has 0 fully saturated rings. The number of nitrogens with zero attached hydrogens (tertiary/aromatic N) is 3. The van der Waals surface area contributed by atoms with Crippen molar-refractivity contribution < 1.29 is 4.79 Å². The monoisotopic (exact) mass is 317 g/mol. The van der Waals surface area contributed by atoms with Crippen LogP contribution in [0.4, 0.5) is 0 Å². The third kappa shape index (κ3) is 2.66. The smallest absolute Gasteiger partial charge is 0.275 e. The maximum absolute atomic E-state index is 11.8. The average molecular weight is 318 g/mol. The SMILES string of the molecule is CN(Cc1csc(Br)c1)C(=O)c1csnn1. The molecule has 4 nitrogen and oxygen atoms in total. The summed E-state index contributed by atoms with van der Waals surface area (Å²) >= 11 is 6.18. The van der Waals surface area contributed by atoms with Crippen LogP contribution in [0.5, 0.6) is 0 Å². The van der Waals surface area contributed by atoms with Gasteiger partial charge in [-0.1, -0.05) is 4.49 Å². The van der Waals surface area contributed by atoms with Crippen LogP contribution >= 0.6 is 38.8 Å². The third-order valence-corrected chi connectivity index (χ3v) is 4.03. The van der Waals surface area contributed by atoms with E-state index in [0.29, 0.717) is 12.2 Å². The quantitative estimate of drug-likeness (QED) is 0.874. The number of rotatable bonds is 3. The lowest BCUT2D eigenvalue weighted by Crippen LogP contribution is -2.26. The molecule has 2 aromatic rings. The maximum Gasteiger partial charge on any atom is 0.275 e. The van der Waals surface area contributed by atoms with Gasteiger partial charge in [-0.3, -0.25) is 4.79 Å². The van der Waals surface area contributed by atoms with E-state index in [1.807, 2.05) is 11.4 Å². The van der Waals surface area contributed by atoms with Gasteiger partial charge in [0.2, 0.25) is 0 Å². The topological polar surface area (TPSA) is 46.1 Å². The molecule has 0 saturated heterocycles. The molecular weight excluding hydrogens is 310 g/mol. The predicted octanol–water partition coefficient (Wildman–Crippen LogP) is 2.63. The Morgan fingerprint density at radius 1 is 1.56 bits per heavy atom.